The molecule has 25 heavy (non-hydrogen) atoms. The van der Waals surface area contributed by atoms with Crippen LogP contribution in [0.1, 0.15) is 39.3 Å². The molecule has 1 aliphatic rings. The number of carbonyl (C=O) groups excluding carboxylic acids is 2. The summed E-state index contributed by atoms with van der Waals surface area (Å²) >= 11 is 0. The molecule has 2 N–H and O–H groups in total. The molecular formula is C20H16N2O3. The van der Waals surface area contributed by atoms with Crippen LogP contribution in [0.15, 0.2) is 53.3 Å². The molecule has 0 saturated heterocycles. The summed E-state index contributed by atoms with van der Waals surface area (Å²) in [6, 6.07) is 14.7. The van der Waals surface area contributed by atoms with Crippen molar-refractivity contribution in [1.82, 2.24) is 4.98 Å². The number of carbonyl (C=O) groups is 2. The second-order valence-corrected chi connectivity index (χ2v) is 6.16. The fourth-order valence-corrected chi connectivity index (χ4v) is 3.27. The van der Waals surface area contributed by atoms with Crippen LogP contribution in [0.4, 0.5) is 5.69 Å². The lowest BCUT2D eigenvalue weighted by Crippen LogP contribution is -2.27. The molecule has 1 aliphatic carbocycles. The molecule has 1 amide bonds. The van der Waals surface area contributed by atoms with Crippen molar-refractivity contribution in [2.75, 3.05) is 5.32 Å². The topological polar surface area (TPSA) is 79.0 Å². The van der Waals surface area contributed by atoms with E-state index in [1.807, 2.05) is 36.4 Å². The number of nitrogens with one attached hydrogen (secondary N) is 2. The van der Waals surface area contributed by atoms with Crippen molar-refractivity contribution in [3.63, 3.8) is 0 Å². The molecular weight excluding hydrogens is 316 g/mol. The Balaban J connectivity index is 1.73. The van der Waals surface area contributed by atoms with Gasteiger partial charge in [-0.1, -0.05) is 36.4 Å². The highest BCUT2D eigenvalue weighted by molar-refractivity contribution is 6.10. The molecule has 5 heteroatoms. The first-order valence-corrected chi connectivity index (χ1v) is 8.22. The van der Waals surface area contributed by atoms with E-state index in [0.29, 0.717) is 29.8 Å². The number of hydrogen-bond acceptors (Lipinski definition) is 3. The van der Waals surface area contributed by atoms with Crippen LogP contribution in [0.5, 0.6) is 0 Å². The summed E-state index contributed by atoms with van der Waals surface area (Å²) in [6.07, 6.45) is 1.83. The van der Waals surface area contributed by atoms with Gasteiger partial charge in [0.05, 0.1) is 0 Å². The van der Waals surface area contributed by atoms with Gasteiger partial charge in [-0.05, 0) is 30.4 Å². The van der Waals surface area contributed by atoms with Gasteiger partial charge in [0, 0.05) is 28.8 Å². The standard InChI is InChI=1S/C20H16N2O3/c23-18-10-4-9-17-14(18)11-15(20(25)22-17)19(24)21-16-8-3-6-12-5-1-2-7-13(12)16/h1-3,5-8,11H,4,9-10H2,(H,21,24)(H,22,25). The lowest BCUT2D eigenvalue weighted by atomic mass is 9.93. The van der Waals surface area contributed by atoms with E-state index in [0.717, 1.165) is 17.2 Å². The number of Topliss-reactive ketones (excluding diaryl/α,β-unsaturated/α-hetero) is 1. The predicted molar refractivity (Wildman–Crippen MR) is 96.2 cm³/mol. The summed E-state index contributed by atoms with van der Waals surface area (Å²) in [5, 5.41) is 4.68. The molecule has 2 aromatic carbocycles. The van der Waals surface area contributed by atoms with Crippen LogP contribution in [0.3, 0.4) is 0 Å². The lowest BCUT2D eigenvalue weighted by Gasteiger charge is -2.15. The number of aromatic amines is 1. The number of hydrogen-bond donors (Lipinski definition) is 2. The van der Waals surface area contributed by atoms with Gasteiger partial charge in [-0.25, -0.2) is 0 Å². The molecule has 5 nitrogen and oxygen atoms in total. The smallest absolute Gasteiger partial charge is 0.261 e. The molecule has 0 unspecified atom stereocenters. The van der Waals surface area contributed by atoms with Gasteiger partial charge in [-0.2, -0.15) is 0 Å². The second kappa shape index (κ2) is 6.02. The van der Waals surface area contributed by atoms with Crippen molar-refractivity contribution in [1.29, 1.82) is 0 Å². The number of pyridine rings is 1. The minimum absolute atomic E-state index is 0.0308. The largest absolute Gasteiger partial charge is 0.325 e. The summed E-state index contributed by atoms with van der Waals surface area (Å²) in [5.41, 5.74) is 1.21. The van der Waals surface area contributed by atoms with Gasteiger partial charge in [0.25, 0.3) is 11.5 Å². The van der Waals surface area contributed by atoms with Gasteiger partial charge in [0.15, 0.2) is 5.78 Å². The average molecular weight is 332 g/mol. The summed E-state index contributed by atoms with van der Waals surface area (Å²) in [5.74, 6) is -0.546. The number of aromatic nitrogens is 1. The highest BCUT2D eigenvalue weighted by Gasteiger charge is 2.22. The number of aryl methyl sites for hydroxylation is 1. The summed E-state index contributed by atoms with van der Waals surface area (Å²) in [6.45, 7) is 0. The van der Waals surface area contributed by atoms with E-state index < -0.39 is 11.5 Å². The highest BCUT2D eigenvalue weighted by atomic mass is 16.2. The maximum Gasteiger partial charge on any atom is 0.261 e. The maximum atomic E-state index is 12.6. The summed E-state index contributed by atoms with van der Waals surface area (Å²) < 4.78 is 0. The number of H-pyrrole nitrogens is 1. The van der Waals surface area contributed by atoms with Crippen molar-refractivity contribution in [3.05, 3.63) is 75.7 Å². The molecule has 4 rings (SSSR count). The van der Waals surface area contributed by atoms with Crippen molar-refractivity contribution in [2.24, 2.45) is 0 Å². The van der Waals surface area contributed by atoms with E-state index in [1.54, 1.807) is 6.07 Å². The first-order valence-electron chi connectivity index (χ1n) is 8.22. The Morgan fingerprint density at radius 3 is 2.68 bits per heavy atom. The number of rotatable bonds is 2. The summed E-state index contributed by atoms with van der Waals surface area (Å²) in [7, 11) is 0. The Morgan fingerprint density at radius 2 is 1.80 bits per heavy atom. The van der Waals surface area contributed by atoms with E-state index in [4.69, 9.17) is 0 Å². The van der Waals surface area contributed by atoms with Gasteiger partial charge >= 0.3 is 0 Å². The Morgan fingerprint density at radius 1 is 1.00 bits per heavy atom. The molecule has 0 aliphatic heterocycles. The van der Waals surface area contributed by atoms with Crippen LogP contribution in [0.2, 0.25) is 0 Å². The first kappa shape index (κ1) is 15.3. The second-order valence-electron chi connectivity index (χ2n) is 6.16. The molecule has 0 saturated carbocycles. The van der Waals surface area contributed by atoms with Gasteiger partial charge < -0.3 is 10.3 Å². The first-order chi connectivity index (χ1) is 12.1. The predicted octanol–water partition coefficient (Wildman–Crippen LogP) is 3.30. The zero-order chi connectivity index (χ0) is 17.4. The van der Waals surface area contributed by atoms with Crippen LogP contribution in [0, 0.1) is 0 Å². The monoisotopic (exact) mass is 332 g/mol. The van der Waals surface area contributed by atoms with E-state index in [2.05, 4.69) is 10.3 Å². The minimum Gasteiger partial charge on any atom is -0.325 e. The van der Waals surface area contributed by atoms with Gasteiger partial charge in [0.2, 0.25) is 0 Å². The molecule has 0 fully saturated rings. The van der Waals surface area contributed by atoms with Crippen LogP contribution < -0.4 is 10.9 Å². The van der Waals surface area contributed by atoms with E-state index >= 15 is 0 Å². The molecule has 0 atom stereocenters. The van der Waals surface area contributed by atoms with Gasteiger partial charge in [-0.15, -0.1) is 0 Å². The molecule has 3 aromatic rings. The zero-order valence-corrected chi connectivity index (χ0v) is 13.5. The van der Waals surface area contributed by atoms with Crippen LogP contribution in [-0.4, -0.2) is 16.7 Å². The third kappa shape index (κ3) is 2.74. The Bertz CT molecular complexity index is 1060. The number of anilines is 1. The Kier molecular flexibility index (Phi) is 3.69. The Hall–Kier alpha value is -3.21. The van der Waals surface area contributed by atoms with E-state index in [9.17, 15) is 14.4 Å². The third-order valence-electron chi connectivity index (χ3n) is 4.54. The van der Waals surface area contributed by atoms with Crippen LogP contribution in [0.25, 0.3) is 10.8 Å². The molecule has 0 spiro atoms. The minimum atomic E-state index is -0.515. The lowest BCUT2D eigenvalue weighted by molar-refractivity contribution is 0.0971. The molecule has 124 valence electrons. The van der Waals surface area contributed by atoms with Crippen molar-refractivity contribution >= 4 is 28.2 Å². The molecule has 1 heterocycles. The van der Waals surface area contributed by atoms with Gasteiger partial charge in [0.1, 0.15) is 5.56 Å². The molecule has 1 aromatic heterocycles. The fourth-order valence-electron chi connectivity index (χ4n) is 3.27. The SMILES string of the molecule is O=C1CCCc2[nH]c(=O)c(C(=O)Nc3cccc4ccccc34)cc21. The molecule has 0 bridgehead atoms. The number of fused-ring (bicyclic) bond motifs is 2. The highest BCUT2D eigenvalue weighted by Crippen LogP contribution is 2.24. The number of ketones is 1. The molecule has 0 radical (unpaired) electrons. The van der Waals surface area contributed by atoms with Crippen LogP contribution in [-0.2, 0) is 6.42 Å². The number of benzene rings is 2. The van der Waals surface area contributed by atoms with Crippen molar-refractivity contribution < 1.29 is 9.59 Å². The van der Waals surface area contributed by atoms with Crippen molar-refractivity contribution in [2.45, 2.75) is 19.3 Å². The van der Waals surface area contributed by atoms with Gasteiger partial charge in [-0.3, -0.25) is 14.4 Å². The number of amides is 1. The third-order valence-corrected chi connectivity index (χ3v) is 4.54. The van der Waals surface area contributed by atoms with Crippen LogP contribution >= 0.6 is 0 Å². The quantitative estimate of drug-likeness (QED) is 0.756. The maximum absolute atomic E-state index is 12.6. The van der Waals surface area contributed by atoms with Crippen molar-refractivity contribution in [3.8, 4) is 0 Å². The Labute approximate surface area is 143 Å². The zero-order valence-electron chi connectivity index (χ0n) is 13.5. The fraction of sp³-hybridized carbons (Fsp3) is 0.150. The van der Waals surface area contributed by atoms with E-state index in [1.165, 1.54) is 6.07 Å². The van der Waals surface area contributed by atoms with E-state index in [-0.39, 0.29) is 11.3 Å². The average Bonchev–Trinajstić information content (AvgIpc) is 2.62. The summed E-state index contributed by atoms with van der Waals surface area (Å²) in [4.78, 5) is 39.6. The normalized spacial score (nSPS) is 13.5.